The predicted molar refractivity (Wildman–Crippen MR) is 80.9 cm³/mol. The molecule has 20 heavy (non-hydrogen) atoms. The molecule has 3 nitrogen and oxygen atoms in total. The summed E-state index contributed by atoms with van der Waals surface area (Å²) in [6.45, 7) is 0. The number of rotatable bonds is 5. The third-order valence-electron chi connectivity index (χ3n) is 3.16. The molecule has 1 atom stereocenters. The second kappa shape index (κ2) is 6.83. The monoisotopic (exact) mass is 338 g/mol. The largest absolute Gasteiger partial charge is 0.497 e. The lowest BCUT2D eigenvalue weighted by atomic mass is 9.99. The zero-order valence-corrected chi connectivity index (χ0v) is 12.7. The summed E-state index contributed by atoms with van der Waals surface area (Å²) in [5.74, 6) is 6.17. The van der Waals surface area contributed by atoms with E-state index in [2.05, 4.69) is 21.4 Å². The third-order valence-corrected chi connectivity index (χ3v) is 3.90. The van der Waals surface area contributed by atoms with Crippen molar-refractivity contribution in [2.75, 3.05) is 7.11 Å². The Morgan fingerprint density at radius 1 is 1.25 bits per heavy atom. The predicted octanol–water partition coefficient (Wildman–Crippen LogP) is 3.34. The summed E-state index contributed by atoms with van der Waals surface area (Å²) in [6.07, 6.45) is 0.656. The van der Waals surface area contributed by atoms with Crippen molar-refractivity contribution < 1.29 is 9.13 Å². The summed E-state index contributed by atoms with van der Waals surface area (Å²) in [6, 6.07) is 12.3. The van der Waals surface area contributed by atoms with E-state index in [0.717, 1.165) is 21.3 Å². The molecule has 0 aliphatic rings. The molecule has 1 unspecified atom stereocenters. The Balaban J connectivity index is 2.19. The molecular formula is C15H16BrFN2O. The van der Waals surface area contributed by atoms with Crippen molar-refractivity contribution in [3.8, 4) is 5.75 Å². The number of hydrogen-bond acceptors (Lipinski definition) is 3. The average Bonchev–Trinajstić information content (AvgIpc) is 2.47. The van der Waals surface area contributed by atoms with E-state index in [1.807, 2.05) is 24.3 Å². The molecule has 0 spiro atoms. The average molecular weight is 339 g/mol. The van der Waals surface area contributed by atoms with E-state index >= 15 is 0 Å². The van der Waals surface area contributed by atoms with Crippen LogP contribution in [0.25, 0.3) is 0 Å². The van der Waals surface area contributed by atoms with E-state index in [1.165, 1.54) is 12.1 Å². The second-order valence-electron chi connectivity index (χ2n) is 4.43. The maximum atomic E-state index is 13.1. The van der Waals surface area contributed by atoms with E-state index < -0.39 is 0 Å². The van der Waals surface area contributed by atoms with Crippen molar-refractivity contribution >= 4 is 15.9 Å². The highest BCUT2D eigenvalue weighted by molar-refractivity contribution is 9.10. The van der Waals surface area contributed by atoms with Crippen LogP contribution in [0.3, 0.4) is 0 Å². The molecule has 0 saturated carbocycles. The second-order valence-corrected chi connectivity index (χ2v) is 5.29. The van der Waals surface area contributed by atoms with E-state index in [1.54, 1.807) is 13.2 Å². The van der Waals surface area contributed by atoms with Gasteiger partial charge in [-0.3, -0.25) is 11.3 Å². The molecule has 2 aromatic rings. The van der Waals surface area contributed by atoms with Gasteiger partial charge in [0.1, 0.15) is 11.6 Å². The molecule has 0 aromatic heterocycles. The van der Waals surface area contributed by atoms with E-state index in [4.69, 9.17) is 10.6 Å². The molecule has 2 aromatic carbocycles. The SMILES string of the molecule is COc1ccc(C(Cc2ccc(F)cc2Br)NN)cc1. The van der Waals surface area contributed by atoms with Crippen molar-refractivity contribution in [2.24, 2.45) is 5.84 Å². The maximum Gasteiger partial charge on any atom is 0.124 e. The van der Waals surface area contributed by atoms with Crippen molar-refractivity contribution in [2.45, 2.75) is 12.5 Å². The van der Waals surface area contributed by atoms with Gasteiger partial charge in [-0.15, -0.1) is 0 Å². The smallest absolute Gasteiger partial charge is 0.124 e. The van der Waals surface area contributed by atoms with Gasteiger partial charge in [-0.25, -0.2) is 4.39 Å². The van der Waals surface area contributed by atoms with Gasteiger partial charge >= 0.3 is 0 Å². The van der Waals surface area contributed by atoms with Gasteiger partial charge < -0.3 is 4.74 Å². The molecule has 3 N–H and O–H groups in total. The van der Waals surface area contributed by atoms with Crippen LogP contribution >= 0.6 is 15.9 Å². The molecule has 0 saturated heterocycles. The minimum absolute atomic E-state index is 0.0531. The summed E-state index contributed by atoms with van der Waals surface area (Å²) in [5.41, 5.74) is 4.83. The number of benzene rings is 2. The number of nitrogens with two attached hydrogens (primary N) is 1. The first-order chi connectivity index (χ1) is 9.63. The molecule has 0 radical (unpaired) electrons. The van der Waals surface area contributed by atoms with Crippen LogP contribution in [-0.4, -0.2) is 7.11 Å². The summed E-state index contributed by atoms with van der Waals surface area (Å²) in [4.78, 5) is 0. The maximum absolute atomic E-state index is 13.1. The van der Waals surface area contributed by atoms with Crippen molar-refractivity contribution in [3.05, 3.63) is 63.9 Å². The van der Waals surface area contributed by atoms with Crippen LogP contribution in [0.15, 0.2) is 46.9 Å². The zero-order valence-electron chi connectivity index (χ0n) is 11.1. The summed E-state index contributed by atoms with van der Waals surface area (Å²) in [7, 11) is 1.63. The Bertz CT molecular complexity index is 575. The summed E-state index contributed by atoms with van der Waals surface area (Å²) < 4.78 is 19.0. The zero-order chi connectivity index (χ0) is 14.5. The van der Waals surface area contributed by atoms with Gasteiger partial charge in [0.05, 0.1) is 13.2 Å². The van der Waals surface area contributed by atoms with Gasteiger partial charge in [0, 0.05) is 4.47 Å². The minimum Gasteiger partial charge on any atom is -0.497 e. The fraction of sp³-hybridized carbons (Fsp3) is 0.200. The first kappa shape index (κ1) is 15.0. The molecule has 0 amide bonds. The summed E-state index contributed by atoms with van der Waals surface area (Å²) in [5, 5.41) is 0. The molecule has 0 bridgehead atoms. The van der Waals surface area contributed by atoms with Gasteiger partial charge in [0.2, 0.25) is 0 Å². The highest BCUT2D eigenvalue weighted by Crippen LogP contribution is 2.25. The van der Waals surface area contributed by atoms with E-state index in [9.17, 15) is 4.39 Å². The van der Waals surface area contributed by atoms with Crippen LogP contribution in [0.1, 0.15) is 17.2 Å². The van der Waals surface area contributed by atoms with Gasteiger partial charge in [-0.1, -0.05) is 34.1 Å². The Morgan fingerprint density at radius 2 is 1.95 bits per heavy atom. The number of hydrazine groups is 1. The molecule has 5 heteroatoms. The van der Waals surface area contributed by atoms with Gasteiger partial charge in [-0.05, 0) is 41.8 Å². The Morgan fingerprint density at radius 3 is 2.50 bits per heavy atom. The normalized spacial score (nSPS) is 12.2. The Hall–Kier alpha value is -1.43. The standard InChI is InChI=1S/C15H16BrFN2O/c1-20-13-6-3-10(4-7-13)15(19-18)8-11-2-5-12(17)9-14(11)16/h2-7,9,15,19H,8,18H2,1H3. The lowest BCUT2D eigenvalue weighted by Crippen LogP contribution is -2.29. The van der Waals surface area contributed by atoms with Crippen LogP contribution in [0.5, 0.6) is 5.75 Å². The number of methoxy groups -OCH3 is 1. The summed E-state index contributed by atoms with van der Waals surface area (Å²) >= 11 is 3.37. The van der Waals surface area contributed by atoms with Crippen LogP contribution < -0.4 is 16.0 Å². The van der Waals surface area contributed by atoms with Crippen molar-refractivity contribution in [3.63, 3.8) is 0 Å². The van der Waals surface area contributed by atoms with Gasteiger partial charge in [0.25, 0.3) is 0 Å². The lowest BCUT2D eigenvalue weighted by Gasteiger charge is -2.17. The van der Waals surface area contributed by atoms with Crippen LogP contribution in [0.4, 0.5) is 4.39 Å². The van der Waals surface area contributed by atoms with E-state index in [-0.39, 0.29) is 11.9 Å². The van der Waals surface area contributed by atoms with Crippen molar-refractivity contribution in [1.82, 2.24) is 5.43 Å². The van der Waals surface area contributed by atoms with Crippen LogP contribution in [0, 0.1) is 5.82 Å². The lowest BCUT2D eigenvalue weighted by molar-refractivity contribution is 0.414. The molecule has 106 valence electrons. The minimum atomic E-state index is -0.262. The van der Waals surface area contributed by atoms with Gasteiger partial charge in [-0.2, -0.15) is 0 Å². The number of nitrogens with one attached hydrogen (secondary N) is 1. The number of hydrogen-bond donors (Lipinski definition) is 2. The molecule has 0 aliphatic carbocycles. The molecule has 2 rings (SSSR count). The first-order valence-corrected chi connectivity index (χ1v) is 6.97. The van der Waals surface area contributed by atoms with Gasteiger partial charge in [0.15, 0.2) is 0 Å². The van der Waals surface area contributed by atoms with Crippen LogP contribution in [0.2, 0.25) is 0 Å². The topological polar surface area (TPSA) is 47.3 Å². The molecule has 0 fully saturated rings. The molecule has 0 aliphatic heterocycles. The highest BCUT2D eigenvalue weighted by atomic mass is 79.9. The number of ether oxygens (including phenoxy) is 1. The quantitative estimate of drug-likeness (QED) is 0.649. The Labute approximate surface area is 126 Å². The Kier molecular flexibility index (Phi) is 5.11. The number of halogens is 2. The first-order valence-electron chi connectivity index (χ1n) is 6.18. The molecular weight excluding hydrogens is 323 g/mol. The fourth-order valence-corrected chi connectivity index (χ4v) is 2.53. The van der Waals surface area contributed by atoms with Crippen LogP contribution in [-0.2, 0) is 6.42 Å². The molecule has 0 heterocycles. The fourth-order valence-electron chi connectivity index (χ4n) is 2.02. The highest BCUT2D eigenvalue weighted by Gasteiger charge is 2.13. The third kappa shape index (κ3) is 3.56. The van der Waals surface area contributed by atoms with E-state index in [0.29, 0.717) is 6.42 Å². The van der Waals surface area contributed by atoms with Crippen molar-refractivity contribution in [1.29, 1.82) is 0 Å².